The van der Waals surface area contributed by atoms with Crippen LogP contribution >= 0.6 is 0 Å². The molecule has 1 aliphatic rings. The van der Waals surface area contributed by atoms with Gasteiger partial charge in [-0.2, -0.15) is 0 Å². The maximum atomic E-state index is 5.95. The van der Waals surface area contributed by atoms with Crippen molar-refractivity contribution in [3.63, 3.8) is 0 Å². The van der Waals surface area contributed by atoms with Gasteiger partial charge in [-0.25, -0.2) is 0 Å². The van der Waals surface area contributed by atoms with E-state index in [2.05, 4.69) is 5.32 Å². The summed E-state index contributed by atoms with van der Waals surface area (Å²) in [6.07, 6.45) is 2.41. The maximum absolute atomic E-state index is 5.95. The Morgan fingerprint density at radius 3 is 2.62 bits per heavy atom. The minimum atomic E-state index is 0.00890. The van der Waals surface area contributed by atoms with E-state index < -0.39 is 0 Å². The summed E-state index contributed by atoms with van der Waals surface area (Å²) in [5, 5.41) is 3.42. The molecule has 2 unspecified atom stereocenters. The van der Waals surface area contributed by atoms with E-state index in [0.717, 1.165) is 42.4 Å². The molecule has 2 atom stereocenters. The molecule has 1 fully saturated rings. The van der Waals surface area contributed by atoms with Crippen molar-refractivity contribution in [3.8, 4) is 17.2 Å². The monoisotopic (exact) mass is 357 g/mol. The van der Waals surface area contributed by atoms with Gasteiger partial charge in [-0.05, 0) is 56.2 Å². The van der Waals surface area contributed by atoms with E-state index in [1.807, 2.05) is 55.5 Å². The largest absolute Gasteiger partial charge is 0.497 e. The Labute approximate surface area is 155 Å². The number of ether oxygens (including phenoxy) is 4. The van der Waals surface area contributed by atoms with E-state index >= 15 is 0 Å². The van der Waals surface area contributed by atoms with Crippen LogP contribution < -0.4 is 19.5 Å². The minimum absolute atomic E-state index is 0.00890. The lowest BCUT2D eigenvalue weighted by atomic mass is 10.2. The van der Waals surface area contributed by atoms with Gasteiger partial charge in [0.05, 0.1) is 25.4 Å². The summed E-state index contributed by atoms with van der Waals surface area (Å²) >= 11 is 0. The third-order valence-electron chi connectivity index (χ3n) is 4.31. The van der Waals surface area contributed by atoms with Crippen LogP contribution in [0, 0.1) is 0 Å². The quantitative estimate of drug-likeness (QED) is 0.731. The number of hydrogen-bond acceptors (Lipinski definition) is 5. The number of hydrogen-bond donors (Lipinski definition) is 1. The second-order valence-electron chi connectivity index (χ2n) is 6.43. The number of para-hydroxylation sites is 2. The van der Waals surface area contributed by atoms with Crippen molar-refractivity contribution in [2.24, 2.45) is 0 Å². The van der Waals surface area contributed by atoms with Crippen LogP contribution in [-0.2, 0) is 4.74 Å². The zero-order chi connectivity index (χ0) is 18.2. The van der Waals surface area contributed by atoms with Crippen LogP contribution in [-0.4, -0.2) is 39.1 Å². The van der Waals surface area contributed by atoms with Gasteiger partial charge in [0.1, 0.15) is 30.0 Å². The second kappa shape index (κ2) is 9.34. The standard InChI is InChI=1S/C21H27NO4/c1-16(26-18-11-9-17(23-2)10-12-18)14-22-20-7-3-4-8-21(20)25-15-19-6-5-13-24-19/h3-4,7-12,16,19,22H,5-6,13-15H2,1-2H3. The first-order valence-corrected chi connectivity index (χ1v) is 9.12. The fraction of sp³-hybridized carbons (Fsp3) is 0.429. The predicted molar refractivity (Wildman–Crippen MR) is 102 cm³/mol. The van der Waals surface area contributed by atoms with Crippen molar-refractivity contribution < 1.29 is 18.9 Å². The molecule has 2 aromatic rings. The van der Waals surface area contributed by atoms with Crippen LogP contribution in [0.2, 0.25) is 0 Å². The third-order valence-corrected chi connectivity index (χ3v) is 4.31. The summed E-state index contributed by atoms with van der Waals surface area (Å²) in [7, 11) is 1.65. The van der Waals surface area contributed by atoms with Crippen LogP contribution in [0.4, 0.5) is 5.69 Å². The molecule has 0 aromatic heterocycles. The van der Waals surface area contributed by atoms with Crippen LogP contribution in [0.15, 0.2) is 48.5 Å². The fourth-order valence-electron chi connectivity index (χ4n) is 2.88. The van der Waals surface area contributed by atoms with Gasteiger partial charge in [0, 0.05) is 6.61 Å². The van der Waals surface area contributed by atoms with Crippen LogP contribution in [0.25, 0.3) is 0 Å². The molecular formula is C21H27NO4. The Morgan fingerprint density at radius 1 is 1.12 bits per heavy atom. The van der Waals surface area contributed by atoms with E-state index in [-0.39, 0.29) is 12.2 Å². The minimum Gasteiger partial charge on any atom is -0.497 e. The predicted octanol–water partition coefficient (Wildman–Crippen LogP) is 4.13. The summed E-state index contributed by atoms with van der Waals surface area (Å²) in [4.78, 5) is 0. The lowest BCUT2D eigenvalue weighted by Gasteiger charge is -2.19. The smallest absolute Gasteiger partial charge is 0.142 e. The molecule has 26 heavy (non-hydrogen) atoms. The lowest BCUT2D eigenvalue weighted by molar-refractivity contribution is 0.0682. The molecule has 2 aromatic carbocycles. The number of benzene rings is 2. The summed E-state index contributed by atoms with van der Waals surface area (Å²) in [6, 6.07) is 15.6. The molecule has 140 valence electrons. The van der Waals surface area contributed by atoms with Gasteiger partial charge in [-0.3, -0.25) is 0 Å². The molecule has 5 heteroatoms. The number of anilines is 1. The molecule has 0 aliphatic carbocycles. The first-order valence-electron chi connectivity index (χ1n) is 9.12. The number of methoxy groups -OCH3 is 1. The molecule has 0 radical (unpaired) electrons. The van der Waals surface area contributed by atoms with Gasteiger partial charge in [0.25, 0.3) is 0 Å². The molecule has 1 saturated heterocycles. The van der Waals surface area contributed by atoms with Crippen molar-refractivity contribution in [1.82, 2.24) is 0 Å². The highest BCUT2D eigenvalue weighted by molar-refractivity contribution is 5.56. The van der Waals surface area contributed by atoms with Gasteiger partial charge in [-0.15, -0.1) is 0 Å². The van der Waals surface area contributed by atoms with Gasteiger partial charge in [-0.1, -0.05) is 12.1 Å². The van der Waals surface area contributed by atoms with Crippen molar-refractivity contribution in [2.75, 3.05) is 32.2 Å². The van der Waals surface area contributed by atoms with E-state index in [1.165, 1.54) is 0 Å². The highest BCUT2D eigenvalue weighted by Crippen LogP contribution is 2.25. The highest BCUT2D eigenvalue weighted by atomic mass is 16.5. The fourth-order valence-corrected chi connectivity index (χ4v) is 2.88. The van der Waals surface area contributed by atoms with Crippen LogP contribution in [0.5, 0.6) is 17.2 Å². The van der Waals surface area contributed by atoms with Gasteiger partial charge >= 0.3 is 0 Å². The normalized spacial score (nSPS) is 17.5. The highest BCUT2D eigenvalue weighted by Gasteiger charge is 2.16. The Bertz CT molecular complexity index is 668. The molecule has 0 bridgehead atoms. The second-order valence-corrected chi connectivity index (χ2v) is 6.43. The Balaban J connectivity index is 1.49. The summed E-state index contributed by atoms with van der Waals surface area (Å²) < 4.78 is 22.7. The zero-order valence-electron chi connectivity index (χ0n) is 15.4. The summed E-state index contributed by atoms with van der Waals surface area (Å²) in [5.74, 6) is 2.49. The topological polar surface area (TPSA) is 49.0 Å². The Morgan fingerprint density at radius 2 is 1.88 bits per heavy atom. The third kappa shape index (κ3) is 5.30. The summed E-state index contributed by atoms with van der Waals surface area (Å²) in [5.41, 5.74) is 0.968. The maximum Gasteiger partial charge on any atom is 0.142 e. The molecule has 0 amide bonds. The van der Waals surface area contributed by atoms with E-state index in [0.29, 0.717) is 13.2 Å². The molecule has 1 N–H and O–H groups in total. The van der Waals surface area contributed by atoms with Gasteiger partial charge in [0.15, 0.2) is 0 Å². The molecule has 5 nitrogen and oxygen atoms in total. The zero-order valence-corrected chi connectivity index (χ0v) is 15.4. The van der Waals surface area contributed by atoms with Crippen molar-refractivity contribution >= 4 is 5.69 Å². The van der Waals surface area contributed by atoms with Crippen molar-refractivity contribution in [3.05, 3.63) is 48.5 Å². The van der Waals surface area contributed by atoms with Gasteiger partial charge < -0.3 is 24.3 Å². The molecule has 1 aliphatic heterocycles. The first kappa shape index (κ1) is 18.4. The molecule has 0 saturated carbocycles. The molecule has 0 spiro atoms. The van der Waals surface area contributed by atoms with Crippen molar-refractivity contribution in [1.29, 1.82) is 0 Å². The molecular weight excluding hydrogens is 330 g/mol. The van der Waals surface area contributed by atoms with Crippen LogP contribution in [0.1, 0.15) is 19.8 Å². The first-order chi connectivity index (χ1) is 12.7. The Kier molecular flexibility index (Phi) is 6.61. The average molecular weight is 357 g/mol. The van der Waals surface area contributed by atoms with Gasteiger partial charge in [0.2, 0.25) is 0 Å². The SMILES string of the molecule is COc1ccc(OC(C)CNc2ccccc2OCC2CCCO2)cc1. The van der Waals surface area contributed by atoms with Crippen molar-refractivity contribution in [2.45, 2.75) is 32.0 Å². The van der Waals surface area contributed by atoms with E-state index in [9.17, 15) is 0 Å². The molecule has 3 rings (SSSR count). The van der Waals surface area contributed by atoms with Crippen LogP contribution in [0.3, 0.4) is 0 Å². The average Bonchev–Trinajstić information content (AvgIpc) is 3.19. The van der Waals surface area contributed by atoms with E-state index in [1.54, 1.807) is 7.11 Å². The molecule has 1 heterocycles. The number of rotatable bonds is 9. The van der Waals surface area contributed by atoms with E-state index in [4.69, 9.17) is 18.9 Å². The number of nitrogens with one attached hydrogen (secondary N) is 1. The Hall–Kier alpha value is -2.40. The lowest BCUT2D eigenvalue weighted by Crippen LogP contribution is -2.23. The summed E-state index contributed by atoms with van der Waals surface area (Å²) in [6.45, 7) is 4.14.